The molecule has 0 aliphatic carbocycles. The second-order valence-corrected chi connectivity index (χ2v) is 8.48. The lowest BCUT2D eigenvalue weighted by molar-refractivity contribution is 0.268. The van der Waals surface area contributed by atoms with E-state index in [9.17, 15) is 4.57 Å². The fourth-order valence-electron chi connectivity index (χ4n) is 2.64. The first-order valence-electron chi connectivity index (χ1n) is 8.29. The normalized spacial score (nSPS) is 12.6. The van der Waals surface area contributed by atoms with Crippen molar-refractivity contribution in [2.24, 2.45) is 0 Å². The van der Waals surface area contributed by atoms with Crippen LogP contribution in [0.2, 0.25) is 5.02 Å². The quantitative estimate of drug-likeness (QED) is 0.534. The lowest BCUT2D eigenvalue weighted by Gasteiger charge is -2.24. The Morgan fingerprint density at radius 3 is 2.39 bits per heavy atom. The van der Waals surface area contributed by atoms with E-state index in [4.69, 9.17) is 25.4 Å². The number of benzene rings is 2. The molecule has 0 saturated heterocycles. The first-order valence-corrected chi connectivity index (χ1v) is 10.3. The van der Waals surface area contributed by atoms with Crippen molar-refractivity contribution < 1.29 is 18.3 Å². The number of hydrogen-bond acceptors (Lipinski definition) is 7. The smallest absolute Gasteiger partial charge is 0.358 e. The molecule has 0 radical (unpaired) electrons. The van der Waals surface area contributed by atoms with Crippen molar-refractivity contribution >= 4 is 24.9 Å². The molecular weight excluding hydrogens is 403 g/mol. The van der Waals surface area contributed by atoms with Gasteiger partial charge in [-0.3, -0.25) is 4.57 Å². The monoisotopic (exact) mass is 422 g/mol. The summed E-state index contributed by atoms with van der Waals surface area (Å²) in [7, 11) is 0.646. The van der Waals surface area contributed by atoms with E-state index >= 15 is 0 Å². The van der Waals surface area contributed by atoms with Crippen LogP contribution in [-0.2, 0) is 13.6 Å². The molecule has 1 aromatic heterocycles. The topological polar surface area (TPSA) is 87.5 Å². The molecule has 1 N–H and O–H groups in total. The largest absolute Gasteiger partial charge is 0.494 e. The maximum Gasteiger partial charge on any atom is 0.358 e. The minimum atomic E-state index is -3.58. The lowest BCUT2D eigenvalue weighted by atomic mass is 10.3. The van der Waals surface area contributed by atoms with Gasteiger partial charge in [-0.1, -0.05) is 28.9 Å². The van der Waals surface area contributed by atoms with Gasteiger partial charge < -0.3 is 19.1 Å². The van der Waals surface area contributed by atoms with Gasteiger partial charge in [-0.2, -0.15) is 0 Å². The highest BCUT2D eigenvalue weighted by atomic mass is 35.5. The Bertz CT molecular complexity index is 972. The maximum atomic E-state index is 13.2. The molecule has 2 aromatic carbocycles. The van der Waals surface area contributed by atoms with E-state index in [2.05, 4.69) is 15.6 Å². The van der Waals surface area contributed by atoms with Crippen LogP contribution in [0, 0.1) is 0 Å². The van der Waals surface area contributed by atoms with Crippen LogP contribution in [0.25, 0.3) is 5.69 Å². The molecule has 1 unspecified atom stereocenters. The van der Waals surface area contributed by atoms with Crippen LogP contribution < -0.4 is 10.1 Å². The Hall–Kier alpha value is -2.38. The number of hydrogen-bond donors (Lipinski definition) is 1. The number of nitrogens with zero attached hydrogens (tertiary/aromatic N) is 3. The molecule has 8 nitrogen and oxygen atoms in total. The highest BCUT2D eigenvalue weighted by Crippen LogP contribution is 2.59. The van der Waals surface area contributed by atoms with E-state index in [0.717, 1.165) is 0 Å². The third kappa shape index (κ3) is 4.20. The van der Waals surface area contributed by atoms with Crippen LogP contribution in [0.1, 0.15) is 11.5 Å². The molecule has 28 heavy (non-hydrogen) atoms. The van der Waals surface area contributed by atoms with E-state index in [1.165, 1.54) is 14.2 Å². The predicted molar refractivity (Wildman–Crippen MR) is 107 cm³/mol. The molecule has 0 bridgehead atoms. The summed E-state index contributed by atoms with van der Waals surface area (Å²) in [4.78, 5) is 0. The van der Waals surface area contributed by atoms with Gasteiger partial charge in [0, 0.05) is 24.9 Å². The summed E-state index contributed by atoms with van der Waals surface area (Å²) in [6.07, 6.45) is 1.65. The molecule has 10 heteroatoms. The summed E-state index contributed by atoms with van der Waals surface area (Å²) < 4.78 is 30.5. The minimum absolute atomic E-state index is 0.382. The van der Waals surface area contributed by atoms with Crippen LogP contribution in [0.4, 0.5) is 5.69 Å². The molecule has 1 heterocycles. The standard InChI is InChI=1S/C18H20ClN4O4P/c1-25-17-7-5-4-6-16(17)23-12-15(21-22-23)18(28(24,26-2)27-3)20-14-10-8-13(19)9-11-14/h4-12,18,20H,1-3H3. The van der Waals surface area contributed by atoms with Crippen LogP contribution in [-0.4, -0.2) is 36.3 Å². The molecule has 0 saturated carbocycles. The molecule has 0 aliphatic rings. The highest BCUT2D eigenvalue weighted by Gasteiger charge is 2.38. The van der Waals surface area contributed by atoms with Crippen molar-refractivity contribution in [2.75, 3.05) is 26.6 Å². The summed E-state index contributed by atoms with van der Waals surface area (Å²) in [5.41, 5.74) is 1.75. The molecule has 0 spiro atoms. The van der Waals surface area contributed by atoms with Crippen molar-refractivity contribution in [2.45, 2.75) is 5.78 Å². The average molecular weight is 423 g/mol. The van der Waals surface area contributed by atoms with E-state index in [-0.39, 0.29) is 0 Å². The number of rotatable bonds is 8. The Balaban J connectivity index is 2.00. The van der Waals surface area contributed by atoms with E-state index in [1.54, 1.807) is 42.3 Å². The fourth-order valence-corrected chi connectivity index (χ4v) is 4.09. The van der Waals surface area contributed by atoms with Crippen LogP contribution in [0.15, 0.2) is 54.7 Å². The summed E-state index contributed by atoms with van der Waals surface area (Å²) >= 11 is 5.94. The third-order valence-corrected chi connectivity index (χ3v) is 6.39. The molecule has 0 amide bonds. The number of aromatic nitrogens is 3. The average Bonchev–Trinajstić information content (AvgIpc) is 3.22. The van der Waals surface area contributed by atoms with Gasteiger partial charge in [0.05, 0.1) is 13.3 Å². The highest BCUT2D eigenvalue weighted by molar-refractivity contribution is 7.54. The molecule has 1 atom stereocenters. The molecule has 148 valence electrons. The molecular formula is C18H20ClN4O4P. The minimum Gasteiger partial charge on any atom is -0.494 e. The summed E-state index contributed by atoms with van der Waals surface area (Å²) in [5, 5.41) is 12.1. The fraction of sp³-hybridized carbons (Fsp3) is 0.222. The van der Waals surface area contributed by atoms with Gasteiger partial charge in [-0.15, -0.1) is 5.10 Å². The first-order chi connectivity index (χ1) is 13.5. The van der Waals surface area contributed by atoms with E-state index in [1.807, 2.05) is 24.3 Å². The Morgan fingerprint density at radius 2 is 1.75 bits per heavy atom. The van der Waals surface area contributed by atoms with Crippen LogP contribution >= 0.6 is 19.2 Å². The number of anilines is 1. The second-order valence-electron chi connectivity index (χ2n) is 5.72. The van der Waals surface area contributed by atoms with Gasteiger partial charge in [0.1, 0.15) is 17.1 Å². The molecule has 3 rings (SSSR count). The van der Waals surface area contributed by atoms with Crippen molar-refractivity contribution in [3.8, 4) is 11.4 Å². The number of nitrogens with one attached hydrogen (secondary N) is 1. The van der Waals surface area contributed by atoms with Crippen molar-refractivity contribution in [3.05, 3.63) is 65.4 Å². The third-order valence-electron chi connectivity index (χ3n) is 4.10. The van der Waals surface area contributed by atoms with Gasteiger partial charge in [0.25, 0.3) is 0 Å². The number of halogens is 1. The summed E-state index contributed by atoms with van der Waals surface area (Å²) in [6, 6.07) is 14.3. The molecule has 3 aromatic rings. The second kappa shape index (κ2) is 8.75. The zero-order chi connectivity index (χ0) is 20.1. The zero-order valence-corrected chi connectivity index (χ0v) is 17.2. The van der Waals surface area contributed by atoms with Gasteiger partial charge in [-0.25, -0.2) is 4.68 Å². The Kier molecular flexibility index (Phi) is 6.36. The maximum absolute atomic E-state index is 13.2. The lowest BCUT2D eigenvalue weighted by Crippen LogP contribution is -2.14. The Labute approximate surface area is 167 Å². The van der Waals surface area contributed by atoms with Gasteiger partial charge in [0.15, 0.2) is 5.78 Å². The number of para-hydroxylation sites is 2. The molecule has 0 fully saturated rings. The van der Waals surface area contributed by atoms with Crippen molar-refractivity contribution in [1.82, 2.24) is 15.0 Å². The first kappa shape index (κ1) is 20.4. The van der Waals surface area contributed by atoms with Gasteiger partial charge in [-0.05, 0) is 36.4 Å². The van der Waals surface area contributed by atoms with E-state index < -0.39 is 13.4 Å². The number of methoxy groups -OCH3 is 1. The van der Waals surface area contributed by atoms with Crippen LogP contribution in [0.5, 0.6) is 5.75 Å². The molecule has 0 aliphatic heterocycles. The van der Waals surface area contributed by atoms with E-state index in [0.29, 0.717) is 27.8 Å². The van der Waals surface area contributed by atoms with Crippen LogP contribution in [0.3, 0.4) is 0 Å². The SMILES string of the molecule is COc1ccccc1-n1cc(C(Nc2ccc(Cl)cc2)P(=O)(OC)OC)nn1. The predicted octanol–water partition coefficient (Wildman–Crippen LogP) is 4.53. The zero-order valence-electron chi connectivity index (χ0n) is 15.6. The van der Waals surface area contributed by atoms with Gasteiger partial charge >= 0.3 is 7.60 Å². The van der Waals surface area contributed by atoms with Crippen molar-refractivity contribution in [3.63, 3.8) is 0 Å². The summed E-state index contributed by atoms with van der Waals surface area (Å²) in [5.74, 6) is -0.255. The Morgan fingerprint density at radius 1 is 1.07 bits per heavy atom. The van der Waals surface area contributed by atoms with Gasteiger partial charge in [0.2, 0.25) is 0 Å². The summed E-state index contributed by atoms with van der Waals surface area (Å²) in [6.45, 7) is 0. The van der Waals surface area contributed by atoms with Crippen molar-refractivity contribution in [1.29, 1.82) is 0 Å². The number of ether oxygens (including phenoxy) is 1.